The summed E-state index contributed by atoms with van der Waals surface area (Å²) < 4.78 is 67.7. The van der Waals surface area contributed by atoms with Crippen LogP contribution in [0.4, 0.5) is 24.5 Å². The van der Waals surface area contributed by atoms with Crippen LogP contribution in [0.1, 0.15) is 21.5 Å². The molecule has 1 N–H and O–H groups in total. The van der Waals surface area contributed by atoms with Crippen molar-refractivity contribution in [1.29, 1.82) is 0 Å². The lowest BCUT2D eigenvalue weighted by molar-refractivity contribution is -0.385. The molecule has 0 unspecified atom stereocenters. The zero-order valence-electron chi connectivity index (χ0n) is 17.6. The minimum Gasteiger partial charge on any atom is -0.337 e. The van der Waals surface area contributed by atoms with Gasteiger partial charge in [0, 0.05) is 25.7 Å². The number of halogens is 3. The molecule has 178 valence electrons. The van der Waals surface area contributed by atoms with Gasteiger partial charge in [-0.05, 0) is 29.8 Å². The van der Waals surface area contributed by atoms with E-state index in [0.29, 0.717) is 0 Å². The van der Waals surface area contributed by atoms with Crippen LogP contribution in [0.25, 0.3) is 0 Å². The van der Waals surface area contributed by atoms with Crippen molar-refractivity contribution in [2.75, 3.05) is 11.8 Å². The molecule has 12 heteroatoms. The number of nitro benzene ring substituents is 1. The number of anilines is 1. The highest BCUT2D eigenvalue weighted by Crippen LogP contribution is 2.32. The second-order valence-corrected chi connectivity index (χ2v) is 8.90. The van der Waals surface area contributed by atoms with Gasteiger partial charge in [-0.25, -0.2) is 8.42 Å². The average molecular weight is 493 g/mol. The molecule has 0 aromatic heterocycles. The molecular formula is C22H18F3N3O5S. The Hall–Kier alpha value is -3.93. The number of hydrogen-bond donors (Lipinski definition) is 1. The van der Waals surface area contributed by atoms with E-state index in [-0.39, 0.29) is 23.4 Å². The van der Waals surface area contributed by atoms with E-state index in [1.165, 1.54) is 55.6 Å². The van der Waals surface area contributed by atoms with Crippen LogP contribution in [0, 0.1) is 10.1 Å². The number of non-ortho nitro benzene ring substituents is 1. The molecule has 0 spiro atoms. The Bertz CT molecular complexity index is 1340. The monoisotopic (exact) mass is 493 g/mol. The quantitative estimate of drug-likeness (QED) is 0.379. The maximum absolute atomic E-state index is 13.3. The lowest BCUT2D eigenvalue weighted by Gasteiger charge is -2.21. The maximum Gasteiger partial charge on any atom is 0.416 e. The van der Waals surface area contributed by atoms with Crippen LogP contribution in [0.2, 0.25) is 0 Å². The molecular weight excluding hydrogens is 475 g/mol. The van der Waals surface area contributed by atoms with Crippen LogP contribution in [0.3, 0.4) is 0 Å². The number of carbonyl (C=O) groups excluding carboxylic acids is 1. The number of carbonyl (C=O) groups is 1. The predicted molar refractivity (Wildman–Crippen MR) is 118 cm³/mol. The molecule has 0 bridgehead atoms. The molecule has 0 aliphatic rings. The molecule has 0 fully saturated rings. The van der Waals surface area contributed by atoms with Crippen LogP contribution in [-0.4, -0.2) is 31.2 Å². The van der Waals surface area contributed by atoms with Gasteiger partial charge in [-0.2, -0.15) is 13.2 Å². The highest BCUT2D eigenvalue weighted by molar-refractivity contribution is 7.92. The van der Waals surface area contributed by atoms with E-state index in [9.17, 15) is 36.5 Å². The Kier molecular flexibility index (Phi) is 6.91. The summed E-state index contributed by atoms with van der Waals surface area (Å²) in [5.41, 5.74) is -1.68. The number of rotatable bonds is 7. The number of para-hydroxylation sites is 1. The second-order valence-electron chi connectivity index (χ2n) is 7.22. The van der Waals surface area contributed by atoms with Crippen LogP contribution < -0.4 is 4.72 Å². The first-order chi connectivity index (χ1) is 15.9. The fourth-order valence-electron chi connectivity index (χ4n) is 3.19. The van der Waals surface area contributed by atoms with Gasteiger partial charge in [0.1, 0.15) is 0 Å². The van der Waals surface area contributed by atoms with Crippen molar-refractivity contribution in [2.24, 2.45) is 0 Å². The van der Waals surface area contributed by atoms with Crippen molar-refractivity contribution in [1.82, 2.24) is 4.90 Å². The van der Waals surface area contributed by atoms with E-state index < -0.39 is 43.2 Å². The number of alkyl halides is 3. The van der Waals surface area contributed by atoms with E-state index in [0.717, 1.165) is 29.2 Å². The van der Waals surface area contributed by atoms with Crippen molar-refractivity contribution < 1.29 is 31.3 Å². The van der Waals surface area contributed by atoms with Gasteiger partial charge in [-0.3, -0.25) is 19.6 Å². The molecule has 3 aromatic rings. The minimum atomic E-state index is -4.60. The Morgan fingerprint density at radius 1 is 1.03 bits per heavy atom. The first kappa shape index (κ1) is 24.7. The van der Waals surface area contributed by atoms with Gasteiger partial charge >= 0.3 is 6.18 Å². The van der Waals surface area contributed by atoms with Crippen molar-refractivity contribution in [3.63, 3.8) is 0 Å². The Morgan fingerprint density at radius 3 is 2.35 bits per heavy atom. The van der Waals surface area contributed by atoms with Gasteiger partial charge < -0.3 is 4.90 Å². The molecule has 1 amide bonds. The largest absolute Gasteiger partial charge is 0.416 e. The summed E-state index contributed by atoms with van der Waals surface area (Å²) in [5, 5.41) is 11.0. The average Bonchev–Trinajstić information content (AvgIpc) is 2.78. The highest BCUT2D eigenvalue weighted by Gasteiger charge is 2.33. The van der Waals surface area contributed by atoms with E-state index in [4.69, 9.17) is 0 Å². The van der Waals surface area contributed by atoms with Gasteiger partial charge in [-0.1, -0.05) is 36.4 Å². The van der Waals surface area contributed by atoms with Crippen molar-refractivity contribution in [2.45, 2.75) is 17.6 Å². The molecule has 0 saturated heterocycles. The van der Waals surface area contributed by atoms with Gasteiger partial charge in [0.25, 0.3) is 21.6 Å². The smallest absolute Gasteiger partial charge is 0.337 e. The van der Waals surface area contributed by atoms with Crippen molar-refractivity contribution >= 4 is 27.3 Å². The highest BCUT2D eigenvalue weighted by atomic mass is 32.2. The van der Waals surface area contributed by atoms with E-state index >= 15 is 0 Å². The molecule has 0 heterocycles. The standard InChI is InChI=1S/C22H18F3N3O5S/c1-27(14-15-7-2-4-11-19(15)22(23,24)25)21(29)18-10-3-5-12-20(18)26-34(32,33)17-9-6-8-16(13-17)28(30)31/h2-13,26H,14H2,1H3. The van der Waals surface area contributed by atoms with Crippen LogP contribution in [0.5, 0.6) is 0 Å². The molecule has 0 aliphatic heterocycles. The van der Waals surface area contributed by atoms with Gasteiger partial charge in [0.15, 0.2) is 0 Å². The zero-order valence-corrected chi connectivity index (χ0v) is 18.4. The third-order valence-corrected chi connectivity index (χ3v) is 6.18. The topological polar surface area (TPSA) is 110 Å². The molecule has 8 nitrogen and oxygen atoms in total. The molecule has 0 saturated carbocycles. The SMILES string of the molecule is CN(Cc1ccccc1C(F)(F)F)C(=O)c1ccccc1NS(=O)(=O)c1cccc([N+](=O)[O-])c1. The number of nitro groups is 1. The van der Waals surface area contributed by atoms with Gasteiger partial charge in [0.2, 0.25) is 0 Å². The first-order valence-corrected chi connectivity index (χ1v) is 11.2. The van der Waals surface area contributed by atoms with Crippen molar-refractivity contribution in [3.8, 4) is 0 Å². The molecule has 34 heavy (non-hydrogen) atoms. The number of amides is 1. The van der Waals surface area contributed by atoms with Crippen LogP contribution >= 0.6 is 0 Å². The van der Waals surface area contributed by atoms with Gasteiger partial charge in [-0.15, -0.1) is 0 Å². The summed E-state index contributed by atoms with van der Waals surface area (Å²) in [6, 6.07) is 14.7. The fraction of sp³-hybridized carbons (Fsp3) is 0.136. The summed E-state index contributed by atoms with van der Waals surface area (Å²) in [5.74, 6) is -0.727. The lowest BCUT2D eigenvalue weighted by atomic mass is 10.1. The zero-order chi connectivity index (χ0) is 25.1. The Labute approximate surface area is 192 Å². The lowest BCUT2D eigenvalue weighted by Crippen LogP contribution is -2.28. The third-order valence-electron chi connectivity index (χ3n) is 4.82. The van der Waals surface area contributed by atoms with Crippen LogP contribution in [0.15, 0.2) is 77.7 Å². The normalized spacial score (nSPS) is 11.6. The number of hydrogen-bond acceptors (Lipinski definition) is 5. The molecule has 0 atom stereocenters. The van der Waals surface area contributed by atoms with Crippen molar-refractivity contribution in [3.05, 3.63) is 99.6 Å². The summed E-state index contributed by atoms with van der Waals surface area (Å²) in [7, 11) is -3.02. The second kappa shape index (κ2) is 9.51. The van der Waals surface area contributed by atoms with E-state index in [1.807, 2.05) is 0 Å². The maximum atomic E-state index is 13.3. The number of sulfonamides is 1. The predicted octanol–water partition coefficient (Wildman–Crippen LogP) is 4.69. The number of nitrogens with one attached hydrogen (secondary N) is 1. The van der Waals surface area contributed by atoms with Gasteiger partial charge in [0.05, 0.1) is 26.6 Å². The van der Waals surface area contributed by atoms with Crippen LogP contribution in [-0.2, 0) is 22.7 Å². The number of nitrogens with zero attached hydrogens (tertiary/aromatic N) is 2. The molecule has 0 aliphatic carbocycles. The molecule has 3 rings (SSSR count). The Balaban J connectivity index is 1.89. The first-order valence-electron chi connectivity index (χ1n) is 9.67. The molecule has 0 radical (unpaired) electrons. The Morgan fingerprint density at radius 2 is 1.68 bits per heavy atom. The van der Waals surface area contributed by atoms with E-state index in [1.54, 1.807) is 0 Å². The summed E-state index contributed by atoms with van der Waals surface area (Å²) >= 11 is 0. The third kappa shape index (κ3) is 5.52. The van der Waals surface area contributed by atoms with E-state index in [2.05, 4.69) is 4.72 Å². The summed E-state index contributed by atoms with van der Waals surface area (Å²) in [4.78, 5) is 23.9. The minimum absolute atomic E-state index is 0.108. The summed E-state index contributed by atoms with van der Waals surface area (Å²) in [6.07, 6.45) is -4.60. The molecule has 3 aromatic carbocycles. The number of benzene rings is 3. The summed E-state index contributed by atoms with van der Waals surface area (Å²) in [6.45, 7) is -0.375. The fourth-order valence-corrected chi connectivity index (χ4v) is 4.31.